The molecule has 1 aliphatic rings. The van der Waals surface area contributed by atoms with E-state index in [1.165, 1.54) is 0 Å². The third-order valence-electron chi connectivity index (χ3n) is 3.06. The summed E-state index contributed by atoms with van der Waals surface area (Å²) in [6, 6.07) is 0. The minimum atomic E-state index is -0.333. The van der Waals surface area contributed by atoms with Gasteiger partial charge in [0, 0.05) is 39.8 Å². The summed E-state index contributed by atoms with van der Waals surface area (Å²) in [5.74, 6) is 0. The van der Waals surface area contributed by atoms with E-state index >= 15 is 0 Å². The van der Waals surface area contributed by atoms with Crippen LogP contribution in [-0.2, 0) is 9.47 Å². The number of methoxy groups -OCH3 is 1. The predicted octanol–water partition coefficient (Wildman–Crippen LogP) is -0.306. The summed E-state index contributed by atoms with van der Waals surface area (Å²) in [7, 11) is 1.70. The van der Waals surface area contributed by atoms with Crippen molar-refractivity contribution in [1.29, 1.82) is 0 Å². The van der Waals surface area contributed by atoms with Crippen molar-refractivity contribution in [2.24, 2.45) is 0 Å². The quantitative estimate of drug-likeness (QED) is 0.645. The Bertz CT molecular complexity index is 206. The molecule has 1 unspecified atom stereocenters. The zero-order valence-electron chi connectivity index (χ0n) is 11.2. The van der Waals surface area contributed by atoms with Crippen LogP contribution >= 0.6 is 0 Å². The summed E-state index contributed by atoms with van der Waals surface area (Å²) in [6.07, 6.45) is -0.333. The van der Waals surface area contributed by atoms with Gasteiger partial charge in [0.25, 0.3) is 0 Å². The molecule has 102 valence electrons. The van der Waals surface area contributed by atoms with Crippen molar-refractivity contribution in [2.45, 2.75) is 25.6 Å². The molecule has 0 amide bonds. The zero-order valence-corrected chi connectivity index (χ0v) is 11.2. The van der Waals surface area contributed by atoms with E-state index in [0.717, 1.165) is 32.8 Å². The standard InChI is InChI=1S/C12H26N2O3/c1-12(2,16-3)10-13-8-11(15)9-14-4-6-17-7-5-14/h11,13,15H,4-10H2,1-3H3. The van der Waals surface area contributed by atoms with Gasteiger partial charge in [0.05, 0.1) is 24.9 Å². The third-order valence-corrected chi connectivity index (χ3v) is 3.06. The Kier molecular flexibility index (Phi) is 6.37. The highest BCUT2D eigenvalue weighted by Gasteiger charge is 2.18. The first-order valence-corrected chi connectivity index (χ1v) is 6.27. The highest BCUT2D eigenvalue weighted by Crippen LogP contribution is 2.04. The van der Waals surface area contributed by atoms with Crippen LogP contribution < -0.4 is 5.32 Å². The van der Waals surface area contributed by atoms with Gasteiger partial charge in [-0.2, -0.15) is 0 Å². The monoisotopic (exact) mass is 246 g/mol. The molecule has 0 bridgehead atoms. The van der Waals surface area contributed by atoms with Crippen LogP contribution in [0.5, 0.6) is 0 Å². The molecule has 0 radical (unpaired) electrons. The predicted molar refractivity (Wildman–Crippen MR) is 67.2 cm³/mol. The molecule has 5 heteroatoms. The molecule has 0 aromatic rings. The second-order valence-electron chi connectivity index (χ2n) is 5.16. The van der Waals surface area contributed by atoms with E-state index in [9.17, 15) is 5.11 Å². The van der Waals surface area contributed by atoms with E-state index in [4.69, 9.17) is 9.47 Å². The summed E-state index contributed by atoms with van der Waals surface area (Å²) < 4.78 is 10.6. The molecular formula is C12H26N2O3. The van der Waals surface area contributed by atoms with Crippen molar-refractivity contribution in [3.8, 4) is 0 Å². The first-order chi connectivity index (χ1) is 8.03. The summed E-state index contributed by atoms with van der Waals surface area (Å²) in [5, 5.41) is 13.1. The Balaban J connectivity index is 2.10. The van der Waals surface area contributed by atoms with Crippen LogP contribution in [0.3, 0.4) is 0 Å². The maximum absolute atomic E-state index is 9.89. The molecule has 1 heterocycles. The molecular weight excluding hydrogens is 220 g/mol. The van der Waals surface area contributed by atoms with Gasteiger partial charge in [0.15, 0.2) is 0 Å². The Morgan fingerprint density at radius 3 is 2.65 bits per heavy atom. The van der Waals surface area contributed by atoms with Gasteiger partial charge < -0.3 is 19.9 Å². The van der Waals surface area contributed by atoms with Crippen LogP contribution in [0.1, 0.15) is 13.8 Å². The minimum Gasteiger partial charge on any atom is -0.390 e. The van der Waals surface area contributed by atoms with E-state index < -0.39 is 0 Å². The van der Waals surface area contributed by atoms with Crippen molar-refractivity contribution in [1.82, 2.24) is 10.2 Å². The fraction of sp³-hybridized carbons (Fsp3) is 1.00. The van der Waals surface area contributed by atoms with Crippen molar-refractivity contribution >= 4 is 0 Å². The van der Waals surface area contributed by atoms with Gasteiger partial charge in [-0.15, -0.1) is 0 Å². The molecule has 0 aromatic carbocycles. The molecule has 1 saturated heterocycles. The summed E-state index contributed by atoms with van der Waals surface area (Å²) in [5.41, 5.74) is -0.182. The number of aliphatic hydroxyl groups excluding tert-OH is 1. The molecule has 0 saturated carbocycles. The van der Waals surface area contributed by atoms with E-state index in [2.05, 4.69) is 10.2 Å². The van der Waals surface area contributed by atoms with E-state index in [0.29, 0.717) is 13.1 Å². The summed E-state index contributed by atoms with van der Waals surface area (Å²) in [4.78, 5) is 2.23. The zero-order chi connectivity index (χ0) is 12.7. The molecule has 1 fully saturated rings. The molecule has 2 N–H and O–H groups in total. The van der Waals surface area contributed by atoms with Gasteiger partial charge in [0.1, 0.15) is 0 Å². The van der Waals surface area contributed by atoms with Crippen LogP contribution in [0.4, 0.5) is 0 Å². The van der Waals surface area contributed by atoms with Crippen LogP contribution in [0.2, 0.25) is 0 Å². The maximum atomic E-state index is 9.89. The molecule has 1 atom stereocenters. The first-order valence-electron chi connectivity index (χ1n) is 6.27. The first kappa shape index (κ1) is 14.9. The molecule has 0 aromatic heterocycles. The van der Waals surface area contributed by atoms with Crippen LogP contribution in [-0.4, -0.2) is 74.8 Å². The number of nitrogens with one attached hydrogen (secondary N) is 1. The van der Waals surface area contributed by atoms with Gasteiger partial charge in [-0.25, -0.2) is 0 Å². The second kappa shape index (κ2) is 7.28. The van der Waals surface area contributed by atoms with Gasteiger partial charge in [-0.05, 0) is 13.8 Å². The van der Waals surface area contributed by atoms with Crippen molar-refractivity contribution in [3.63, 3.8) is 0 Å². The lowest BCUT2D eigenvalue weighted by Gasteiger charge is -2.29. The minimum absolute atomic E-state index is 0.182. The number of morpholine rings is 1. The Labute approximate surface area is 104 Å². The summed E-state index contributed by atoms with van der Waals surface area (Å²) in [6.45, 7) is 9.48. The smallest absolute Gasteiger partial charge is 0.0791 e. The van der Waals surface area contributed by atoms with Gasteiger partial charge >= 0.3 is 0 Å². The van der Waals surface area contributed by atoms with Crippen molar-refractivity contribution in [2.75, 3.05) is 53.0 Å². The lowest BCUT2D eigenvalue weighted by molar-refractivity contribution is 0.00770. The number of aliphatic hydroxyl groups is 1. The number of ether oxygens (including phenoxy) is 2. The van der Waals surface area contributed by atoms with Crippen LogP contribution in [0, 0.1) is 0 Å². The largest absolute Gasteiger partial charge is 0.390 e. The fourth-order valence-electron chi connectivity index (χ4n) is 1.76. The van der Waals surface area contributed by atoms with Crippen molar-refractivity contribution in [3.05, 3.63) is 0 Å². The lowest BCUT2D eigenvalue weighted by atomic mass is 10.1. The Morgan fingerprint density at radius 1 is 1.41 bits per heavy atom. The van der Waals surface area contributed by atoms with E-state index in [-0.39, 0.29) is 11.7 Å². The fourth-order valence-corrected chi connectivity index (χ4v) is 1.76. The van der Waals surface area contributed by atoms with Crippen molar-refractivity contribution < 1.29 is 14.6 Å². The normalized spacial score (nSPS) is 20.5. The third kappa shape index (κ3) is 6.33. The van der Waals surface area contributed by atoms with Crippen LogP contribution in [0.15, 0.2) is 0 Å². The Hall–Kier alpha value is -0.200. The van der Waals surface area contributed by atoms with Gasteiger partial charge in [-0.1, -0.05) is 0 Å². The molecule has 1 rings (SSSR count). The topological polar surface area (TPSA) is 54.0 Å². The molecule has 0 spiro atoms. The van der Waals surface area contributed by atoms with Crippen LogP contribution in [0.25, 0.3) is 0 Å². The average Bonchev–Trinajstić information content (AvgIpc) is 2.30. The van der Waals surface area contributed by atoms with E-state index in [1.54, 1.807) is 7.11 Å². The average molecular weight is 246 g/mol. The summed E-state index contributed by atoms with van der Waals surface area (Å²) >= 11 is 0. The van der Waals surface area contributed by atoms with Gasteiger partial charge in [-0.3, -0.25) is 4.90 Å². The molecule has 17 heavy (non-hydrogen) atoms. The molecule has 0 aliphatic carbocycles. The number of rotatable bonds is 7. The number of nitrogens with zero attached hydrogens (tertiary/aromatic N) is 1. The number of β-amino-alcohol motifs (C(OH)–C–C–N with tert-alkyl or cyclic N) is 1. The number of hydrogen-bond donors (Lipinski definition) is 2. The lowest BCUT2D eigenvalue weighted by Crippen LogP contribution is -2.45. The Morgan fingerprint density at radius 2 is 2.06 bits per heavy atom. The molecule has 5 nitrogen and oxygen atoms in total. The number of hydrogen-bond acceptors (Lipinski definition) is 5. The SMILES string of the molecule is COC(C)(C)CNCC(O)CN1CCOCC1. The highest BCUT2D eigenvalue weighted by atomic mass is 16.5. The van der Waals surface area contributed by atoms with E-state index in [1.807, 2.05) is 13.8 Å². The molecule has 1 aliphatic heterocycles. The van der Waals surface area contributed by atoms with Gasteiger partial charge in [0.2, 0.25) is 0 Å². The maximum Gasteiger partial charge on any atom is 0.0791 e. The highest BCUT2D eigenvalue weighted by molar-refractivity contribution is 4.74. The second-order valence-corrected chi connectivity index (χ2v) is 5.16.